The smallest absolute Gasteiger partial charge is 0.319 e. The molecule has 1 aromatic rings. The number of nitrogens with zero attached hydrogens (tertiary/aromatic N) is 2. The van der Waals surface area contributed by atoms with Crippen molar-refractivity contribution in [3.63, 3.8) is 0 Å². The molecule has 1 aliphatic heterocycles. The number of likely N-dealkylation sites (tertiary alicyclic amines) is 1. The molecule has 1 fully saturated rings. The maximum absolute atomic E-state index is 12.0. The van der Waals surface area contributed by atoms with Crippen LogP contribution in [0.2, 0.25) is 0 Å². The Morgan fingerprint density at radius 1 is 1.48 bits per heavy atom. The third-order valence-corrected chi connectivity index (χ3v) is 3.96. The number of amides is 2. The zero-order valence-electron chi connectivity index (χ0n) is 13.2. The second-order valence-corrected chi connectivity index (χ2v) is 5.72. The topological polar surface area (TPSA) is 87.5 Å². The highest BCUT2D eigenvalue weighted by Gasteiger charge is 2.20. The minimum absolute atomic E-state index is 0.0468. The van der Waals surface area contributed by atoms with Crippen LogP contribution in [0.15, 0.2) is 30.9 Å². The third kappa shape index (κ3) is 4.79. The van der Waals surface area contributed by atoms with E-state index in [-0.39, 0.29) is 17.8 Å². The minimum Gasteiger partial charge on any atom is -0.335 e. The largest absolute Gasteiger partial charge is 0.335 e. The van der Waals surface area contributed by atoms with Gasteiger partial charge in [-0.2, -0.15) is 0 Å². The standard InChI is InChI=1S/C16H22N4O3/c1-3-8-19-9-6-13(7-10-19)17-16(21)18-14-4-5-15(20(22)23)12(2)11-14/h3-5,11,13H,1,6-10H2,2H3,(H2,17,18,21). The molecule has 0 aromatic heterocycles. The summed E-state index contributed by atoms with van der Waals surface area (Å²) in [7, 11) is 0. The summed E-state index contributed by atoms with van der Waals surface area (Å²) in [6, 6.07) is 4.41. The summed E-state index contributed by atoms with van der Waals surface area (Å²) in [5.74, 6) is 0. The Balaban J connectivity index is 1.84. The van der Waals surface area contributed by atoms with E-state index in [0.29, 0.717) is 11.3 Å². The van der Waals surface area contributed by atoms with Crippen LogP contribution in [0.4, 0.5) is 16.2 Å². The molecule has 7 nitrogen and oxygen atoms in total. The van der Waals surface area contributed by atoms with Gasteiger partial charge in [0.15, 0.2) is 0 Å². The molecule has 0 spiro atoms. The molecule has 1 saturated heterocycles. The summed E-state index contributed by atoms with van der Waals surface area (Å²) < 4.78 is 0. The third-order valence-electron chi connectivity index (χ3n) is 3.96. The Kier molecular flexibility index (Phi) is 5.70. The number of benzene rings is 1. The molecule has 0 bridgehead atoms. The summed E-state index contributed by atoms with van der Waals surface area (Å²) in [5.41, 5.74) is 1.12. The fourth-order valence-corrected chi connectivity index (χ4v) is 2.73. The van der Waals surface area contributed by atoms with Crippen molar-refractivity contribution in [3.8, 4) is 0 Å². The molecular formula is C16H22N4O3. The predicted molar refractivity (Wildman–Crippen MR) is 89.6 cm³/mol. The Hall–Kier alpha value is -2.41. The number of rotatable bonds is 5. The quantitative estimate of drug-likeness (QED) is 0.496. The van der Waals surface area contributed by atoms with Crippen molar-refractivity contribution >= 4 is 17.4 Å². The van der Waals surface area contributed by atoms with Crippen molar-refractivity contribution < 1.29 is 9.72 Å². The molecule has 0 atom stereocenters. The van der Waals surface area contributed by atoms with Crippen LogP contribution in [-0.4, -0.2) is 41.5 Å². The summed E-state index contributed by atoms with van der Waals surface area (Å²) in [6.07, 6.45) is 3.69. The van der Waals surface area contributed by atoms with Gasteiger partial charge in [0, 0.05) is 43.0 Å². The Bertz CT molecular complexity index is 595. The number of nitro benzene ring substituents is 1. The van der Waals surface area contributed by atoms with E-state index >= 15 is 0 Å². The van der Waals surface area contributed by atoms with Crippen molar-refractivity contribution in [2.75, 3.05) is 25.0 Å². The van der Waals surface area contributed by atoms with Gasteiger partial charge < -0.3 is 10.6 Å². The van der Waals surface area contributed by atoms with Gasteiger partial charge in [-0.25, -0.2) is 4.79 Å². The Morgan fingerprint density at radius 2 is 2.17 bits per heavy atom. The molecule has 0 saturated carbocycles. The Labute approximate surface area is 135 Å². The van der Waals surface area contributed by atoms with E-state index < -0.39 is 4.92 Å². The zero-order chi connectivity index (χ0) is 16.8. The molecule has 1 aliphatic rings. The molecule has 7 heteroatoms. The van der Waals surface area contributed by atoms with Gasteiger partial charge in [-0.1, -0.05) is 6.08 Å². The van der Waals surface area contributed by atoms with E-state index in [1.165, 1.54) is 12.1 Å². The average molecular weight is 318 g/mol. The number of aryl methyl sites for hydroxylation is 1. The van der Waals surface area contributed by atoms with E-state index in [4.69, 9.17) is 0 Å². The number of anilines is 1. The molecule has 0 unspecified atom stereocenters. The van der Waals surface area contributed by atoms with Crippen molar-refractivity contribution in [2.45, 2.75) is 25.8 Å². The fraction of sp³-hybridized carbons (Fsp3) is 0.438. The maximum Gasteiger partial charge on any atom is 0.319 e. The van der Waals surface area contributed by atoms with Gasteiger partial charge in [0.2, 0.25) is 0 Å². The number of urea groups is 1. The SMILES string of the molecule is C=CCN1CCC(NC(=O)Nc2ccc([N+](=O)[O-])c(C)c2)CC1. The van der Waals surface area contributed by atoms with Crippen LogP contribution in [-0.2, 0) is 0 Å². The molecule has 1 heterocycles. The summed E-state index contributed by atoms with van der Waals surface area (Å²) in [4.78, 5) is 24.7. The second kappa shape index (κ2) is 7.73. The molecular weight excluding hydrogens is 296 g/mol. The van der Waals surface area contributed by atoms with E-state index in [1.54, 1.807) is 13.0 Å². The minimum atomic E-state index is -0.434. The summed E-state index contributed by atoms with van der Waals surface area (Å²) >= 11 is 0. The van der Waals surface area contributed by atoms with Crippen LogP contribution in [0.3, 0.4) is 0 Å². The lowest BCUT2D eigenvalue weighted by molar-refractivity contribution is -0.385. The molecule has 2 rings (SSSR count). The number of carbonyl (C=O) groups excluding carboxylic acids is 1. The fourth-order valence-electron chi connectivity index (χ4n) is 2.73. The molecule has 124 valence electrons. The van der Waals surface area contributed by atoms with Gasteiger partial charge in [0.1, 0.15) is 0 Å². The van der Waals surface area contributed by atoms with Crippen LogP contribution in [0.25, 0.3) is 0 Å². The first-order valence-electron chi connectivity index (χ1n) is 7.65. The molecule has 23 heavy (non-hydrogen) atoms. The van der Waals surface area contributed by atoms with Crippen LogP contribution in [0.5, 0.6) is 0 Å². The molecule has 2 N–H and O–H groups in total. The normalized spacial score (nSPS) is 15.9. The van der Waals surface area contributed by atoms with Crippen molar-refractivity contribution in [1.29, 1.82) is 0 Å². The van der Waals surface area contributed by atoms with Crippen LogP contribution < -0.4 is 10.6 Å². The molecule has 0 aliphatic carbocycles. The molecule has 1 aromatic carbocycles. The predicted octanol–water partition coefficient (Wildman–Crippen LogP) is 2.68. The number of hydrogen-bond acceptors (Lipinski definition) is 4. The molecule has 2 amide bonds. The number of hydrogen-bond donors (Lipinski definition) is 2. The summed E-state index contributed by atoms with van der Waals surface area (Å²) in [6.45, 7) is 8.13. The van der Waals surface area contributed by atoms with Gasteiger partial charge in [0.05, 0.1) is 4.92 Å². The van der Waals surface area contributed by atoms with E-state index in [1.807, 2.05) is 6.08 Å². The van der Waals surface area contributed by atoms with Crippen molar-refractivity contribution in [2.24, 2.45) is 0 Å². The van der Waals surface area contributed by atoms with Gasteiger partial charge in [-0.15, -0.1) is 6.58 Å². The number of carbonyl (C=O) groups is 1. The highest BCUT2D eigenvalue weighted by molar-refractivity contribution is 5.89. The van der Waals surface area contributed by atoms with E-state index in [9.17, 15) is 14.9 Å². The lowest BCUT2D eigenvalue weighted by Crippen LogP contribution is -2.45. The maximum atomic E-state index is 12.0. The van der Waals surface area contributed by atoms with Gasteiger partial charge in [-0.05, 0) is 31.9 Å². The van der Waals surface area contributed by atoms with E-state index in [0.717, 1.165) is 32.5 Å². The van der Waals surface area contributed by atoms with E-state index in [2.05, 4.69) is 22.1 Å². The van der Waals surface area contributed by atoms with Crippen LogP contribution >= 0.6 is 0 Å². The second-order valence-electron chi connectivity index (χ2n) is 5.72. The number of nitro groups is 1. The highest BCUT2D eigenvalue weighted by Crippen LogP contribution is 2.21. The van der Waals surface area contributed by atoms with Gasteiger partial charge in [0.25, 0.3) is 5.69 Å². The monoisotopic (exact) mass is 318 g/mol. The van der Waals surface area contributed by atoms with Crippen LogP contribution in [0.1, 0.15) is 18.4 Å². The zero-order valence-corrected chi connectivity index (χ0v) is 13.2. The van der Waals surface area contributed by atoms with Crippen molar-refractivity contribution in [3.05, 3.63) is 46.5 Å². The lowest BCUT2D eigenvalue weighted by Gasteiger charge is -2.31. The number of nitrogens with one attached hydrogen (secondary N) is 2. The first kappa shape index (κ1) is 17.0. The Morgan fingerprint density at radius 3 is 2.74 bits per heavy atom. The van der Waals surface area contributed by atoms with Crippen molar-refractivity contribution in [1.82, 2.24) is 10.2 Å². The number of piperidine rings is 1. The summed E-state index contributed by atoms with van der Waals surface area (Å²) in [5, 5.41) is 16.5. The molecule has 0 radical (unpaired) electrons. The average Bonchev–Trinajstić information content (AvgIpc) is 2.49. The van der Waals surface area contributed by atoms with Gasteiger partial charge >= 0.3 is 6.03 Å². The van der Waals surface area contributed by atoms with Gasteiger partial charge in [-0.3, -0.25) is 15.0 Å². The first-order chi connectivity index (χ1) is 11.0. The first-order valence-corrected chi connectivity index (χ1v) is 7.65. The highest BCUT2D eigenvalue weighted by atomic mass is 16.6. The van der Waals surface area contributed by atoms with Crippen LogP contribution in [0, 0.1) is 17.0 Å². The lowest BCUT2D eigenvalue weighted by atomic mass is 10.1.